The molecule has 0 saturated carbocycles. The fourth-order valence-electron chi connectivity index (χ4n) is 1.48. The molecule has 10 heteroatoms. The third-order valence-corrected chi connectivity index (χ3v) is 3.48. The quantitative estimate of drug-likeness (QED) is 0.140. The van der Waals surface area contributed by atoms with Crippen molar-refractivity contribution in [3.05, 3.63) is 0 Å². The van der Waals surface area contributed by atoms with E-state index in [4.69, 9.17) is 40.9 Å². The number of aliphatic hydroxyl groups excluding tert-OH is 8. The van der Waals surface area contributed by atoms with Crippen LogP contribution < -0.4 is 0 Å². The van der Waals surface area contributed by atoms with Crippen molar-refractivity contribution >= 4 is 0 Å². The maximum atomic E-state index is 8.66. The van der Waals surface area contributed by atoms with Crippen LogP contribution in [-0.4, -0.2) is 131 Å². The predicted octanol–water partition coefficient (Wildman–Crippen LogP) is -3.39. The van der Waals surface area contributed by atoms with Gasteiger partial charge in [0, 0.05) is 25.0 Å². The van der Waals surface area contributed by atoms with Gasteiger partial charge in [-0.2, -0.15) is 0 Å². The normalized spacial score (nSPS) is 10.8. The lowest BCUT2D eigenvalue weighted by molar-refractivity contribution is 0.00304. The lowest BCUT2D eigenvalue weighted by Crippen LogP contribution is -2.32. The average Bonchev–Trinajstić information content (AvgIpc) is 2.66. The number of ether oxygens (including phenoxy) is 1. The molecule has 0 aliphatic rings. The molecule has 0 unspecified atom stereocenters. The van der Waals surface area contributed by atoms with Crippen molar-refractivity contribution < 1.29 is 45.6 Å². The van der Waals surface area contributed by atoms with E-state index in [1.54, 1.807) is 4.90 Å². The van der Waals surface area contributed by atoms with Gasteiger partial charge in [0.25, 0.3) is 0 Å². The molecular weight excluding hydrogens is 350 g/mol. The second kappa shape index (κ2) is 24.6. The molecule has 0 heterocycles. The van der Waals surface area contributed by atoms with Crippen LogP contribution in [0.15, 0.2) is 0 Å². The summed E-state index contributed by atoms with van der Waals surface area (Å²) in [6, 6.07) is 0. The summed E-state index contributed by atoms with van der Waals surface area (Å²) in [6.07, 6.45) is 0.594. The molecule has 0 atom stereocenters. The molecule has 0 amide bonds. The molecule has 0 aromatic heterocycles. The number of hydrogen-bond acceptors (Lipinski definition) is 10. The fourth-order valence-corrected chi connectivity index (χ4v) is 1.48. The number of nitrogens with zero attached hydrogens (tertiary/aromatic N) is 1. The lowest BCUT2D eigenvalue weighted by Gasteiger charge is -2.24. The van der Waals surface area contributed by atoms with Gasteiger partial charge in [0.05, 0.1) is 66.1 Å². The van der Waals surface area contributed by atoms with Gasteiger partial charge in [-0.15, -0.1) is 0 Å². The van der Waals surface area contributed by atoms with Crippen LogP contribution in [0.1, 0.15) is 13.3 Å². The average molecular weight is 389 g/mol. The van der Waals surface area contributed by atoms with Gasteiger partial charge in [-0.25, -0.2) is 0 Å². The van der Waals surface area contributed by atoms with Crippen molar-refractivity contribution in [2.75, 3.05) is 85.7 Å². The molecular formula is C16H39NO9. The Hall–Kier alpha value is -0.400. The summed E-state index contributed by atoms with van der Waals surface area (Å²) in [6.45, 7) is 3.80. The molecule has 0 fully saturated rings. The van der Waals surface area contributed by atoms with Gasteiger partial charge >= 0.3 is 0 Å². The Bertz CT molecular complexity index is 208. The number of hydrogen-bond donors (Lipinski definition) is 8. The van der Waals surface area contributed by atoms with Crippen molar-refractivity contribution in [1.29, 1.82) is 0 Å². The summed E-state index contributed by atoms with van der Waals surface area (Å²) in [4.78, 5) is 1.79. The van der Waals surface area contributed by atoms with Crippen LogP contribution in [0.2, 0.25) is 0 Å². The van der Waals surface area contributed by atoms with E-state index in [1.807, 2.05) is 6.92 Å². The highest BCUT2D eigenvalue weighted by atomic mass is 16.5. The summed E-state index contributed by atoms with van der Waals surface area (Å²) >= 11 is 0. The van der Waals surface area contributed by atoms with E-state index in [-0.39, 0.29) is 52.9 Å². The minimum atomic E-state index is -0.667. The molecule has 0 bridgehead atoms. The summed E-state index contributed by atoms with van der Waals surface area (Å²) in [5, 5.41) is 67.6. The van der Waals surface area contributed by atoms with Gasteiger partial charge in [0.2, 0.25) is 0 Å². The van der Waals surface area contributed by atoms with Crippen LogP contribution in [0.3, 0.4) is 0 Å². The highest BCUT2D eigenvalue weighted by Gasteiger charge is 2.24. The first kappa shape index (κ1) is 30.3. The highest BCUT2D eigenvalue weighted by molar-refractivity contribution is 4.74. The van der Waals surface area contributed by atoms with Crippen molar-refractivity contribution in [2.24, 2.45) is 5.41 Å². The molecule has 0 aromatic rings. The lowest BCUT2D eigenvalue weighted by atomic mass is 9.88. The first-order valence-electron chi connectivity index (χ1n) is 8.68. The Morgan fingerprint density at radius 1 is 0.615 bits per heavy atom. The monoisotopic (exact) mass is 389 g/mol. The van der Waals surface area contributed by atoms with Crippen LogP contribution >= 0.6 is 0 Å². The van der Waals surface area contributed by atoms with Crippen LogP contribution in [0.25, 0.3) is 0 Å². The number of aliphatic hydroxyl groups is 8. The van der Waals surface area contributed by atoms with Gasteiger partial charge in [0.15, 0.2) is 0 Å². The zero-order chi connectivity index (χ0) is 20.7. The summed E-state index contributed by atoms with van der Waals surface area (Å²) in [5.74, 6) is 0. The topological polar surface area (TPSA) is 174 Å². The van der Waals surface area contributed by atoms with Gasteiger partial charge in [-0.05, 0) is 6.42 Å². The van der Waals surface area contributed by atoms with Crippen LogP contribution in [0, 0.1) is 5.41 Å². The minimum Gasteiger partial charge on any atom is -0.396 e. The third kappa shape index (κ3) is 19.9. The third-order valence-electron chi connectivity index (χ3n) is 3.48. The molecule has 162 valence electrons. The molecule has 0 rings (SSSR count). The standard InChI is InChI=1S/C6H15NO3.C6H14O3.C4H10O3/c8-4-1-7(2-5-9)3-6-10;1-2-6(3-7,4-8)5-9;5-1-3-7-4-2-6/h8-10H,1-6H2;7-9H,2-5H2,1H3;5-6H,1-4H2. The highest BCUT2D eigenvalue weighted by Crippen LogP contribution is 2.18. The maximum Gasteiger partial charge on any atom is 0.0698 e. The molecule has 8 N–H and O–H groups in total. The first-order valence-corrected chi connectivity index (χ1v) is 8.68. The van der Waals surface area contributed by atoms with E-state index in [9.17, 15) is 0 Å². The second-order valence-electron chi connectivity index (χ2n) is 5.40. The van der Waals surface area contributed by atoms with Gasteiger partial charge in [-0.1, -0.05) is 6.92 Å². The Morgan fingerprint density at radius 3 is 1.12 bits per heavy atom. The fraction of sp³-hybridized carbons (Fsp3) is 1.00. The largest absolute Gasteiger partial charge is 0.396 e. The summed E-state index contributed by atoms with van der Waals surface area (Å²) in [5.41, 5.74) is -0.667. The van der Waals surface area contributed by atoms with E-state index in [0.29, 0.717) is 39.3 Å². The molecule has 0 radical (unpaired) electrons. The molecule has 10 nitrogen and oxygen atoms in total. The molecule has 0 aliphatic heterocycles. The van der Waals surface area contributed by atoms with E-state index < -0.39 is 5.41 Å². The molecule has 0 spiro atoms. The van der Waals surface area contributed by atoms with E-state index in [2.05, 4.69) is 4.74 Å². The molecule has 0 aliphatic carbocycles. The van der Waals surface area contributed by atoms with Gasteiger partial charge in [-0.3, -0.25) is 4.90 Å². The Morgan fingerprint density at radius 2 is 0.962 bits per heavy atom. The summed E-state index contributed by atoms with van der Waals surface area (Å²) in [7, 11) is 0. The first-order chi connectivity index (χ1) is 12.5. The Balaban J connectivity index is -0.000000310. The van der Waals surface area contributed by atoms with Crippen LogP contribution in [0.4, 0.5) is 0 Å². The van der Waals surface area contributed by atoms with Crippen molar-refractivity contribution in [3.63, 3.8) is 0 Å². The van der Waals surface area contributed by atoms with E-state index >= 15 is 0 Å². The SMILES string of the molecule is CCC(CO)(CO)CO.OCCN(CCO)CCO.OCCOCCO. The maximum absolute atomic E-state index is 8.66. The van der Waals surface area contributed by atoms with Crippen molar-refractivity contribution in [1.82, 2.24) is 4.90 Å². The van der Waals surface area contributed by atoms with E-state index in [0.717, 1.165) is 0 Å². The molecule has 0 saturated heterocycles. The predicted molar refractivity (Wildman–Crippen MR) is 96.7 cm³/mol. The smallest absolute Gasteiger partial charge is 0.0698 e. The molecule has 0 aromatic carbocycles. The van der Waals surface area contributed by atoms with Crippen LogP contribution in [-0.2, 0) is 4.74 Å². The van der Waals surface area contributed by atoms with Gasteiger partial charge in [0.1, 0.15) is 0 Å². The van der Waals surface area contributed by atoms with Gasteiger partial charge < -0.3 is 45.6 Å². The Kier molecular flexibility index (Phi) is 28.7. The van der Waals surface area contributed by atoms with E-state index in [1.165, 1.54) is 0 Å². The minimum absolute atomic E-state index is 0.0278. The van der Waals surface area contributed by atoms with Crippen LogP contribution in [0.5, 0.6) is 0 Å². The second-order valence-corrected chi connectivity index (χ2v) is 5.40. The zero-order valence-corrected chi connectivity index (χ0v) is 15.8. The van der Waals surface area contributed by atoms with Crippen molar-refractivity contribution in [3.8, 4) is 0 Å². The number of rotatable bonds is 14. The zero-order valence-electron chi connectivity index (χ0n) is 15.8. The van der Waals surface area contributed by atoms with Crippen molar-refractivity contribution in [2.45, 2.75) is 13.3 Å². The molecule has 26 heavy (non-hydrogen) atoms. The summed E-state index contributed by atoms with van der Waals surface area (Å²) < 4.78 is 4.63. The Labute approximate surface area is 155 Å².